The summed E-state index contributed by atoms with van der Waals surface area (Å²) in [5.41, 5.74) is 0.768. The molecule has 0 saturated carbocycles. The molecule has 2 heterocycles. The van der Waals surface area contributed by atoms with Crippen LogP contribution in [0.3, 0.4) is 0 Å². The van der Waals surface area contributed by atoms with Gasteiger partial charge in [-0.2, -0.15) is 0 Å². The quantitative estimate of drug-likeness (QED) is 0.728. The summed E-state index contributed by atoms with van der Waals surface area (Å²) in [5.74, 6) is 1.93. The number of furan rings is 1. The molecule has 0 fully saturated rings. The van der Waals surface area contributed by atoms with Crippen molar-refractivity contribution >= 4 is 10.9 Å². The van der Waals surface area contributed by atoms with Crippen LogP contribution in [0.2, 0.25) is 0 Å². The second-order valence-electron chi connectivity index (χ2n) is 6.14. The molecule has 5 heteroatoms. The van der Waals surface area contributed by atoms with Crippen molar-refractivity contribution in [2.45, 2.75) is 26.0 Å². The molecule has 0 saturated heterocycles. The standard InChI is InChI=1S/C19H22N2O3/c1-13-8-9-17(24-13)19(2,22)12-20-11-15-10-14-6-4-5-7-16(14)21-18(15)23-3/h4-10,20,22H,11-12H2,1-3H3. The van der Waals surface area contributed by atoms with E-state index in [1.54, 1.807) is 20.1 Å². The van der Waals surface area contributed by atoms with Crippen LogP contribution in [0.15, 0.2) is 46.9 Å². The van der Waals surface area contributed by atoms with Crippen LogP contribution in [-0.2, 0) is 12.1 Å². The van der Waals surface area contributed by atoms with Gasteiger partial charge in [0.1, 0.15) is 17.1 Å². The Bertz CT molecular complexity index is 839. The maximum atomic E-state index is 10.6. The molecule has 126 valence electrons. The molecule has 1 atom stereocenters. The normalized spacial score (nSPS) is 13.8. The molecule has 0 aliphatic heterocycles. The zero-order valence-corrected chi connectivity index (χ0v) is 14.2. The van der Waals surface area contributed by atoms with Crippen LogP contribution in [0, 0.1) is 6.92 Å². The average Bonchev–Trinajstić information content (AvgIpc) is 3.01. The molecule has 24 heavy (non-hydrogen) atoms. The number of rotatable bonds is 6. The lowest BCUT2D eigenvalue weighted by Crippen LogP contribution is -2.34. The van der Waals surface area contributed by atoms with Crippen LogP contribution in [0.4, 0.5) is 0 Å². The number of ether oxygens (including phenoxy) is 1. The van der Waals surface area contributed by atoms with Crippen molar-refractivity contribution in [3.63, 3.8) is 0 Å². The number of aromatic nitrogens is 1. The molecule has 2 N–H and O–H groups in total. The Morgan fingerprint density at radius 3 is 2.75 bits per heavy atom. The molecule has 0 spiro atoms. The highest BCUT2D eigenvalue weighted by atomic mass is 16.5. The fourth-order valence-electron chi connectivity index (χ4n) is 2.70. The van der Waals surface area contributed by atoms with E-state index in [4.69, 9.17) is 9.15 Å². The SMILES string of the molecule is COc1nc2ccccc2cc1CNCC(C)(O)c1ccc(C)o1. The van der Waals surface area contributed by atoms with E-state index < -0.39 is 5.60 Å². The number of para-hydroxylation sites is 1. The summed E-state index contributed by atoms with van der Waals surface area (Å²) < 4.78 is 10.9. The molecule has 1 aromatic carbocycles. The highest BCUT2D eigenvalue weighted by Crippen LogP contribution is 2.24. The number of aliphatic hydroxyl groups is 1. The van der Waals surface area contributed by atoms with Gasteiger partial charge in [0.25, 0.3) is 0 Å². The van der Waals surface area contributed by atoms with Crippen molar-refractivity contribution in [2.24, 2.45) is 0 Å². The van der Waals surface area contributed by atoms with Crippen molar-refractivity contribution in [3.05, 3.63) is 59.5 Å². The van der Waals surface area contributed by atoms with Crippen LogP contribution >= 0.6 is 0 Å². The summed E-state index contributed by atoms with van der Waals surface area (Å²) in [4.78, 5) is 4.53. The minimum absolute atomic E-state index is 0.357. The van der Waals surface area contributed by atoms with Gasteiger partial charge in [-0.3, -0.25) is 0 Å². The molecule has 5 nitrogen and oxygen atoms in total. The Hall–Kier alpha value is -2.37. The number of hydrogen-bond donors (Lipinski definition) is 2. The van der Waals surface area contributed by atoms with E-state index in [1.165, 1.54) is 0 Å². The Morgan fingerprint density at radius 2 is 2.04 bits per heavy atom. The third-order valence-corrected chi connectivity index (χ3v) is 4.01. The number of nitrogens with zero attached hydrogens (tertiary/aromatic N) is 1. The van der Waals surface area contributed by atoms with E-state index in [9.17, 15) is 5.11 Å². The number of fused-ring (bicyclic) bond motifs is 1. The molecule has 0 aliphatic carbocycles. The summed E-state index contributed by atoms with van der Waals surface area (Å²) >= 11 is 0. The summed E-state index contributed by atoms with van der Waals surface area (Å²) in [7, 11) is 1.61. The minimum atomic E-state index is -1.08. The van der Waals surface area contributed by atoms with Gasteiger partial charge in [0.05, 0.1) is 12.6 Å². The molecule has 3 aromatic rings. The summed E-state index contributed by atoms with van der Waals surface area (Å²) in [6.45, 7) is 4.49. The molecule has 3 rings (SSSR count). The van der Waals surface area contributed by atoms with Gasteiger partial charge >= 0.3 is 0 Å². The van der Waals surface area contributed by atoms with Crippen molar-refractivity contribution < 1.29 is 14.3 Å². The van der Waals surface area contributed by atoms with Crippen molar-refractivity contribution in [2.75, 3.05) is 13.7 Å². The van der Waals surface area contributed by atoms with Crippen LogP contribution < -0.4 is 10.1 Å². The lowest BCUT2D eigenvalue weighted by atomic mass is 10.0. The van der Waals surface area contributed by atoms with Gasteiger partial charge in [-0.25, -0.2) is 4.98 Å². The predicted octanol–water partition coefficient (Wildman–Crippen LogP) is 3.14. The van der Waals surface area contributed by atoms with E-state index >= 15 is 0 Å². The third kappa shape index (κ3) is 3.42. The minimum Gasteiger partial charge on any atom is -0.481 e. The van der Waals surface area contributed by atoms with Gasteiger partial charge in [-0.1, -0.05) is 18.2 Å². The molecule has 0 amide bonds. The second-order valence-corrected chi connectivity index (χ2v) is 6.14. The zero-order valence-electron chi connectivity index (χ0n) is 14.2. The molecule has 0 bridgehead atoms. The third-order valence-electron chi connectivity index (χ3n) is 4.01. The summed E-state index contributed by atoms with van der Waals surface area (Å²) in [5, 5.41) is 14.9. The molecule has 2 aromatic heterocycles. The number of pyridine rings is 1. The van der Waals surface area contributed by atoms with Gasteiger partial charge in [-0.05, 0) is 38.1 Å². The first-order valence-electron chi connectivity index (χ1n) is 7.92. The Kier molecular flexibility index (Phi) is 4.55. The molecular weight excluding hydrogens is 304 g/mol. The molecule has 0 aliphatic rings. The second kappa shape index (κ2) is 6.63. The first-order valence-corrected chi connectivity index (χ1v) is 7.92. The van der Waals surface area contributed by atoms with E-state index in [-0.39, 0.29) is 0 Å². The molecule has 1 unspecified atom stereocenters. The van der Waals surface area contributed by atoms with Gasteiger partial charge in [-0.15, -0.1) is 0 Å². The number of hydrogen-bond acceptors (Lipinski definition) is 5. The molecule has 0 radical (unpaired) electrons. The smallest absolute Gasteiger partial charge is 0.218 e. The lowest BCUT2D eigenvalue weighted by Gasteiger charge is -2.21. The predicted molar refractivity (Wildman–Crippen MR) is 93.0 cm³/mol. The van der Waals surface area contributed by atoms with Gasteiger partial charge in [0.15, 0.2) is 0 Å². The highest BCUT2D eigenvalue weighted by molar-refractivity contribution is 5.80. The fraction of sp³-hybridized carbons (Fsp3) is 0.316. The largest absolute Gasteiger partial charge is 0.481 e. The first-order chi connectivity index (χ1) is 11.5. The van der Waals surface area contributed by atoms with Crippen molar-refractivity contribution in [3.8, 4) is 5.88 Å². The van der Waals surface area contributed by atoms with E-state index in [2.05, 4.69) is 16.4 Å². The average molecular weight is 326 g/mol. The van der Waals surface area contributed by atoms with Crippen LogP contribution in [0.5, 0.6) is 5.88 Å². The van der Waals surface area contributed by atoms with Gasteiger partial charge in [0, 0.05) is 24.0 Å². The van der Waals surface area contributed by atoms with E-state index in [0.29, 0.717) is 24.7 Å². The van der Waals surface area contributed by atoms with E-state index in [1.807, 2.05) is 37.3 Å². The Morgan fingerprint density at radius 1 is 1.25 bits per heavy atom. The fourth-order valence-corrected chi connectivity index (χ4v) is 2.70. The highest BCUT2D eigenvalue weighted by Gasteiger charge is 2.26. The molecular formula is C19H22N2O3. The maximum absolute atomic E-state index is 10.6. The number of nitrogens with one attached hydrogen (secondary N) is 1. The van der Waals surface area contributed by atoms with Crippen LogP contribution in [0.25, 0.3) is 10.9 Å². The summed E-state index contributed by atoms with van der Waals surface area (Å²) in [6, 6.07) is 13.6. The Labute approximate surface area is 141 Å². The summed E-state index contributed by atoms with van der Waals surface area (Å²) in [6.07, 6.45) is 0. The topological polar surface area (TPSA) is 67.5 Å². The van der Waals surface area contributed by atoms with E-state index in [0.717, 1.165) is 22.2 Å². The number of methoxy groups -OCH3 is 1. The van der Waals surface area contributed by atoms with Crippen molar-refractivity contribution in [1.29, 1.82) is 0 Å². The number of benzene rings is 1. The monoisotopic (exact) mass is 326 g/mol. The first kappa shape index (κ1) is 16.5. The van der Waals surface area contributed by atoms with Crippen LogP contribution in [0.1, 0.15) is 24.0 Å². The lowest BCUT2D eigenvalue weighted by molar-refractivity contribution is 0.0332. The van der Waals surface area contributed by atoms with Crippen LogP contribution in [-0.4, -0.2) is 23.7 Å². The van der Waals surface area contributed by atoms with Gasteiger partial charge < -0.3 is 19.6 Å². The maximum Gasteiger partial charge on any atom is 0.218 e. The van der Waals surface area contributed by atoms with Gasteiger partial charge in [0.2, 0.25) is 5.88 Å². The zero-order chi connectivity index (χ0) is 17.2. The Balaban J connectivity index is 1.73. The van der Waals surface area contributed by atoms with Crippen molar-refractivity contribution in [1.82, 2.24) is 10.3 Å². The number of aryl methyl sites for hydroxylation is 1.